The minimum atomic E-state index is 0.0316. The summed E-state index contributed by atoms with van der Waals surface area (Å²) >= 11 is 0. The molecule has 2 rings (SSSR count). The molecule has 1 aromatic rings. The summed E-state index contributed by atoms with van der Waals surface area (Å²) in [6.07, 6.45) is 6.65. The van der Waals surface area contributed by atoms with Gasteiger partial charge in [-0.3, -0.25) is 0 Å². The zero-order chi connectivity index (χ0) is 12.6. The number of benzene rings is 1. The van der Waals surface area contributed by atoms with Crippen molar-refractivity contribution < 1.29 is 9.47 Å². The third-order valence-corrected chi connectivity index (χ3v) is 3.24. The molecular formula is C16H22O2. The van der Waals surface area contributed by atoms with Crippen LogP contribution in [0, 0.1) is 0 Å². The zero-order valence-electron chi connectivity index (χ0n) is 11.1. The van der Waals surface area contributed by atoms with Gasteiger partial charge in [-0.25, -0.2) is 0 Å². The van der Waals surface area contributed by atoms with E-state index in [0.29, 0.717) is 0 Å². The Bertz CT molecular complexity index is 364. The smallest absolute Gasteiger partial charge is 0.157 e. The highest BCUT2D eigenvalue weighted by molar-refractivity contribution is 5.63. The molecule has 0 spiro atoms. The summed E-state index contributed by atoms with van der Waals surface area (Å²) in [5.74, 6) is 0. The van der Waals surface area contributed by atoms with E-state index in [1.807, 2.05) is 6.07 Å². The van der Waals surface area contributed by atoms with Crippen LogP contribution in [0.2, 0.25) is 0 Å². The summed E-state index contributed by atoms with van der Waals surface area (Å²) in [5.41, 5.74) is 2.59. The molecule has 0 saturated carbocycles. The predicted octanol–water partition coefficient (Wildman–Crippen LogP) is 4.02. The van der Waals surface area contributed by atoms with E-state index in [2.05, 4.69) is 37.3 Å². The fraction of sp³-hybridized carbons (Fsp3) is 0.500. The third kappa shape index (κ3) is 4.28. The number of hydrogen-bond donors (Lipinski definition) is 0. The minimum absolute atomic E-state index is 0.0316. The van der Waals surface area contributed by atoms with Crippen molar-refractivity contribution in [2.24, 2.45) is 0 Å². The highest BCUT2D eigenvalue weighted by Crippen LogP contribution is 2.15. The van der Waals surface area contributed by atoms with Crippen LogP contribution in [0.25, 0.3) is 5.57 Å². The lowest BCUT2D eigenvalue weighted by Gasteiger charge is -2.22. The average molecular weight is 246 g/mol. The second kappa shape index (κ2) is 7.34. The van der Waals surface area contributed by atoms with E-state index in [4.69, 9.17) is 9.47 Å². The Morgan fingerprint density at radius 3 is 2.89 bits per heavy atom. The van der Waals surface area contributed by atoms with E-state index in [-0.39, 0.29) is 6.29 Å². The van der Waals surface area contributed by atoms with Crippen LogP contribution in [0.5, 0.6) is 0 Å². The van der Waals surface area contributed by atoms with Gasteiger partial charge in [-0.1, -0.05) is 36.4 Å². The molecule has 1 heterocycles. The van der Waals surface area contributed by atoms with E-state index in [0.717, 1.165) is 26.1 Å². The Kier molecular flexibility index (Phi) is 5.43. The molecule has 0 N–H and O–H groups in total. The van der Waals surface area contributed by atoms with Gasteiger partial charge in [0.05, 0.1) is 6.61 Å². The molecule has 1 fully saturated rings. The number of allylic oxidation sites excluding steroid dienone is 1. The van der Waals surface area contributed by atoms with Crippen LogP contribution in [0.15, 0.2) is 36.4 Å². The van der Waals surface area contributed by atoms with Crippen LogP contribution < -0.4 is 0 Å². The summed E-state index contributed by atoms with van der Waals surface area (Å²) in [5, 5.41) is 0. The van der Waals surface area contributed by atoms with Gasteiger partial charge < -0.3 is 9.47 Å². The zero-order valence-corrected chi connectivity index (χ0v) is 11.1. The first-order chi connectivity index (χ1) is 8.86. The van der Waals surface area contributed by atoms with Crippen molar-refractivity contribution in [3.05, 3.63) is 42.0 Å². The molecule has 0 radical (unpaired) electrons. The Labute approximate surface area is 110 Å². The summed E-state index contributed by atoms with van der Waals surface area (Å²) in [6.45, 7) is 3.74. The van der Waals surface area contributed by atoms with E-state index < -0.39 is 0 Å². The number of rotatable bonds is 5. The summed E-state index contributed by atoms with van der Waals surface area (Å²) < 4.78 is 11.2. The lowest BCUT2D eigenvalue weighted by Crippen LogP contribution is -2.22. The second-order valence-electron chi connectivity index (χ2n) is 4.71. The molecule has 0 amide bonds. The van der Waals surface area contributed by atoms with Gasteiger partial charge in [-0.05, 0) is 43.7 Å². The van der Waals surface area contributed by atoms with Gasteiger partial charge in [-0.2, -0.15) is 0 Å². The maximum absolute atomic E-state index is 5.70. The molecule has 18 heavy (non-hydrogen) atoms. The lowest BCUT2D eigenvalue weighted by atomic mass is 10.1. The van der Waals surface area contributed by atoms with Gasteiger partial charge in [0.2, 0.25) is 0 Å². The molecule has 1 saturated heterocycles. The van der Waals surface area contributed by atoms with Crippen molar-refractivity contribution in [2.45, 2.75) is 38.9 Å². The molecular weight excluding hydrogens is 224 g/mol. The van der Waals surface area contributed by atoms with Crippen molar-refractivity contribution in [3.63, 3.8) is 0 Å². The molecule has 1 unspecified atom stereocenters. The number of ether oxygens (including phenoxy) is 2. The van der Waals surface area contributed by atoms with Crippen LogP contribution in [0.3, 0.4) is 0 Å². The van der Waals surface area contributed by atoms with Crippen LogP contribution in [0.4, 0.5) is 0 Å². The first-order valence-corrected chi connectivity index (χ1v) is 6.81. The van der Waals surface area contributed by atoms with Gasteiger partial charge in [0.15, 0.2) is 6.29 Å². The van der Waals surface area contributed by atoms with Gasteiger partial charge in [-0.15, -0.1) is 0 Å². The molecule has 0 aliphatic carbocycles. The topological polar surface area (TPSA) is 18.5 Å². The number of hydrogen-bond acceptors (Lipinski definition) is 2. The first-order valence-electron chi connectivity index (χ1n) is 6.81. The fourth-order valence-corrected chi connectivity index (χ4v) is 2.14. The van der Waals surface area contributed by atoms with Crippen molar-refractivity contribution in [1.82, 2.24) is 0 Å². The van der Waals surface area contributed by atoms with Crippen molar-refractivity contribution >= 4 is 5.57 Å². The first kappa shape index (κ1) is 13.3. The van der Waals surface area contributed by atoms with Gasteiger partial charge in [0.25, 0.3) is 0 Å². The van der Waals surface area contributed by atoms with Crippen LogP contribution in [-0.4, -0.2) is 19.5 Å². The Hall–Kier alpha value is -1.12. The van der Waals surface area contributed by atoms with Gasteiger partial charge >= 0.3 is 0 Å². The second-order valence-corrected chi connectivity index (χ2v) is 4.71. The quantitative estimate of drug-likeness (QED) is 0.730. The highest BCUT2D eigenvalue weighted by Gasteiger charge is 2.12. The van der Waals surface area contributed by atoms with Crippen molar-refractivity contribution in [3.8, 4) is 0 Å². The highest BCUT2D eigenvalue weighted by atomic mass is 16.7. The molecule has 98 valence electrons. The molecule has 0 bridgehead atoms. The summed E-state index contributed by atoms with van der Waals surface area (Å²) in [6, 6.07) is 10.5. The monoisotopic (exact) mass is 246 g/mol. The Balaban J connectivity index is 1.70. The minimum Gasteiger partial charge on any atom is -0.353 e. The molecule has 1 aromatic carbocycles. The lowest BCUT2D eigenvalue weighted by molar-refractivity contribution is -0.161. The predicted molar refractivity (Wildman–Crippen MR) is 74.3 cm³/mol. The molecule has 2 nitrogen and oxygen atoms in total. The van der Waals surface area contributed by atoms with Crippen LogP contribution in [0.1, 0.15) is 38.2 Å². The standard InChI is InChI=1S/C16H22O2/c1-14(15-9-3-2-4-10-15)8-7-13-18-16-11-5-6-12-17-16/h2-4,8-10,16H,5-7,11-13H2,1H3/b14-8+. The molecule has 1 atom stereocenters. The fourth-order valence-electron chi connectivity index (χ4n) is 2.14. The van der Waals surface area contributed by atoms with E-state index in [1.165, 1.54) is 24.0 Å². The average Bonchev–Trinajstić information content (AvgIpc) is 2.45. The Morgan fingerprint density at radius 1 is 1.33 bits per heavy atom. The van der Waals surface area contributed by atoms with Gasteiger partial charge in [0, 0.05) is 6.61 Å². The summed E-state index contributed by atoms with van der Waals surface area (Å²) in [4.78, 5) is 0. The van der Waals surface area contributed by atoms with E-state index in [1.54, 1.807) is 0 Å². The largest absolute Gasteiger partial charge is 0.353 e. The van der Waals surface area contributed by atoms with Gasteiger partial charge in [0.1, 0.15) is 0 Å². The van der Waals surface area contributed by atoms with Crippen LogP contribution in [-0.2, 0) is 9.47 Å². The summed E-state index contributed by atoms with van der Waals surface area (Å²) in [7, 11) is 0. The van der Waals surface area contributed by atoms with Crippen LogP contribution >= 0.6 is 0 Å². The van der Waals surface area contributed by atoms with Crippen molar-refractivity contribution in [1.29, 1.82) is 0 Å². The maximum Gasteiger partial charge on any atom is 0.157 e. The Morgan fingerprint density at radius 2 is 2.17 bits per heavy atom. The van der Waals surface area contributed by atoms with E-state index in [9.17, 15) is 0 Å². The SMILES string of the molecule is C/C(=C\CCOC1CCCCO1)c1ccccc1. The maximum atomic E-state index is 5.70. The normalized spacial score (nSPS) is 20.9. The molecule has 2 heteroatoms. The van der Waals surface area contributed by atoms with E-state index >= 15 is 0 Å². The van der Waals surface area contributed by atoms with Crippen molar-refractivity contribution in [2.75, 3.05) is 13.2 Å². The molecule has 0 aromatic heterocycles. The third-order valence-electron chi connectivity index (χ3n) is 3.24. The molecule has 1 aliphatic rings. The molecule has 1 aliphatic heterocycles.